The zero-order chi connectivity index (χ0) is 8.74. The summed E-state index contributed by atoms with van der Waals surface area (Å²) >= 11 is 16.4. The number of hydrogen-bond acceptors (Lipinski definition) is 4. The van der Waals surface area contributed by atoms with Crippen molar-refractivity contribution >= 4 is 52.1 Å². The molecule has 0 rings (SSSR count). The maximum atomic E-state index is 11.2. The van der Waals surface area contributed by atoms with Crippen molar-refractivity contribution in [1.82, 2.24) is 0 Å². The second-order valence-corrected chi connectivity index (χ2v) is 8.42. The molecule has 0 bridgehead atoms. The van der Waals surface area contributed by atoms with Crippen LogP contribution in [0.25, 0.3) is 0 Å². The van der Waals surface area contributed by atoms with Crippen molar-refractivity contribution in [3.8, 4) is 0 Å². The van der Waals surface area contributed by atoms with Crippen molar-refractivity contribution in [3.05, 3.63) is 0 Å². The zero-order valence-corrected chi connectivity index (χ0v) is 12.1. The summed E-state index contributed by atoms with van der Waals surface area (Å²) in [5, 5.41) is 0. The van der Waals surface area contributed by atoms with Crippen LogP contribution < -0.4 is 4.89 Å². The van der Waals surface area contributed by atoms with Gasteiger partial charge in [0.1, 0.15) is 0 Å². The smallest absolute Gasteiger partial charge is 0.0649 e. The third-order valence-electron chi connectivity index (χ3n) is 0.653. The van der Waals surface area contributed by atoms with Crippen LogP contribution in [-0.4, -0.2) is 24.1 Å². The maximum Gasteiger partial charge on any atom is 0.0649 e. The molecule has 8 heteroatoms. The van der Waals surface area contributed by atoms with E-state index in [1.165, 1.54) is 0 Å². The van der Waals surface area contributed by atoms with Gasteiger partial charge in [-0.15, -0.1) is 34.6 Å². The minimum Gasteiger partial charge on any atom is -0.793 e. The molecule has 0 saturated carbocycles. The van der Waals surface area contributed by atoms with Gasteiger partial charge >= 0.3 is 0 Å². The van der Waals surface area contributed by atoms with Crippen molar-refractivity contribution in [2.24, 2.45) is 0 Å². The van der Waals surface area contributed by atoms with Gasteiger partial charge in [0.15, 0.2) is 0 Å². The summed E-state index contributed by atoms with van der Waals surface area (Å²) in [4.78, 5) is 11.2. The van der Waals surface area contributed by atoms with Crippen molar-refractivity contribution in [1.29, 1.82) is 0 Å². The van der Waals surface area contributed by atoms with Crippen LogP contribution >= 0.6 is 40.3 Å². The third kappa shape index (κ3) is 10.3. The molecule has 0 aliphatic heterocycles. The van der Waals surface area contributed by atoms with Gasteiger partial charge in [-0.05, 0) is 0 Å². The number of hydrogen-bond donors (Lipinski definition) is 0. The van der Waals surface area contributed by atoms with E-state index in [1.54, 1.807) is 0 Å². The fourth-order valence-corrected chi connectivity index (χ4v) is 4.04. The van der Waals surface area contributed by atoms with E-state index in [9.17, 15) is 4.89 Å². The summed E-state index contributed by atoms with van der Waals surface area (Å²) in [5.41, 5.74) is -2.89. The van der Waals surface area contributed by atoms with Crippen molar-refractivity contribution in [3.63, 3.8) is 0 Å². The van der Waals surface area contributed by atoms with Crippen LogP contribution in [0.3, 0.4) is 0 Å². The van der Waals surface area contributed by atoms with Crippen LogP contribution in [0.15, 0.2) is 0 Å². The summed E-state index contributed by atoms with van der Waals surface area (Å²) in [7, 11) is 0. The Morgan fingerprint density at radius 3 is 2.42 bits per heavy atom. The summed E-state index contributed by atoms with van der Waals surface area (Å²) in [6, 6.07) is 0. The van der Waals surface area contributed by atoms with E-state index in [0.29, 0.717) is 17.5 Å². The van der Waals surface area contributed by atoms with E-state index in [4.69, 9.17) is 27.7 Å². The van der Waals surface area contributed by atoms with Gasteiger partial charge in [0.25, 0.3) is 0 Å². The van der Waals surface area contributed by atoms with E-state index < -0.39 is 5.69 Å². The molecule has 0 spiro atoms. The normalized spacial score (nSPS) is 14.9. The average Bonchev–Trinajstić information content (AvgIpc) is 1.97. The SMILES string of the molecule is [Mo].[O-]P(=S)(OCCCl)SCCCl. The van der Waals surface area contributed by atoms with E-state index in [0.717, 1.165) is 11.4 Å². The van der Waals surface area contributed by atoms with Gasteiger partial charge in [0, 0.05) is 44.3 Å². The monoisotopic (exact) mass is 351 g/mol. The molecule has 0 aliphatic rings. The Labute approximate surface area is 106 Å². The van der Waals surface area contributed by atoms with Crippen LogP contribution in [-0.2, 0) is 37.4 Å². The zero-order valence-electron chi connectivity index (χ0n) is 6.07. The molecule has 2 nitrogen and oxygen atoms in total. The fourth-order valence-electron chi connectivity index (χ4n) is 0.330. The molecular weight excluding hydrogens is 342 g/mol. The quantitative estimate of drug-likeness (QED) is 0.416. The van der Waals surface area contributed by atoms with E-state index in [-0.39, 0.29) is 27.7 Å². The largest absolute Gasteiger partial charge is 0.793 e. The predicted molar refractivity (Wildman–Crippen MR) is 54.1 cm³/mol. The van der Waals surface area contributed by atoms with Gasteiger partial charge in [-0.3, -0.25) is 0 Å². The Hall–Kier alpha value is 2.19. The molecule has 1 atom stereocenters. The molecule has 0 amide bonds. The summed E-state index contributed by atoms with van der Waals surface area (Å²) in [5.74, 6) is 1.28. The summed E-state index contributed by atoms with van der Waals surface area (Å²) in [6.07, 6.45) is 0. The topological polar surface area (TPSA) is 32.3 Å². The molecular formula is C4H8Cl2MoO2PS2-. The number of alkyl halides is 2. The fraction of sp³-hybridized carbons (Fsp3) is 1.00. The van der Waals surface area contributed by atoms with Crippen molar-refractivity contribution in [2.75, 3.05) is 24.1 Å². The molecule has 0 saturated heterocycles. The molecule has 0 radical (unpaired) electrons. The van der Waals surface area contributed by atoms with Crippen LogP contribution in [0.5, 0.6) is 0 Å². The molecule has 1 unspecified atom stereocenters. The molecule has 0 aromatic carbocycles. The van der Waals surface area contributed by atoms with E-state index in [1.807, 2.05) is 0 Å². The van der Waals surface area contributed by atoms with Gasteiger partial charge in [-0.25, -0.2) is 0 Å². The van der Waals surface area contributed by atoms with Crippen LogP contribution in [0, 0.1) is 0 Å². The Morgan fingerprint density at radius 1 is 1.42 bits per heavy atom. The Bertz CT molecular complexity index is 139. The van der Waals surface area contributed by atoms with Gasteiger partial charge in [0.2, 0.25) is 0 Å². The first kappa shape index (κ1) is 16.6. The molecule has 74 valence electrons. The average molecular weight is 350 g/mol. The van der Waals surface area contributed by atoms with Gasteiger partial charge in [-0.2, -0.15) is 0 Å². The summed E-state index contributed by atoms with van der Waals surface area (Å²) in [6.45, 7) is 0.234. The molecule has 0 aromatic rings. The molecule has 0 N–H and O–H groups in total. The van der Waals surface area contributed by atoms with Gasteiger partial charge in [-0.1, -0.05) is 11.8 Å². The summed E-state index contributed by atoms with van der Waals surface area (Å²) < 4.78 is 4.82. The van der Waals surface area contributed by atoms with Gasteiger partial charge in [0.05, 0.1) is 6.61 Å². The predicted octanol–water partition coefficient (Wildman–Crippen LogP) is 1.80. The standard InChI is InChI=1S/C4H9Cl2O2PS2.Mo/c5-1-3-8-9(7,10)11-4-2-6;/h1-4H2,(H,7,10);/p-1. The van der Waals surface area contributed by atoms with Crippen LogP contribution in [0.4, 0.5) is 0 Å². The Kier molecular flexibility index (Phi) is 13.5. The first-order chi connectivity index (χ1) is 5.12. The molecule has 0 aliphatic carbocycles. The first-order valence-electron chi connectivity index (χ1n) is 2.84. The second-order valence-electron chi connectivity index (χ2n) is 1.49. The number of halogens is 2. The molecule has 0 heterocycles. The molecule has 0 fully saturated rings. The Morgan fingerprint density at radius 2 is 2.00 bits per heavy atom. The third-order valence-corrected chi connectivity index (χ3v) is 5.50. The van der Waals surface area contributed by atoms with E-state index >= 15 is 0 Å². The van der Waals surface area contributed by atoms with Crippen LogP contribution in [0.2, 0.25) is 0 Å². The van der Waals surface area contributed by atoms with Crippen molar-refractivity contribution in [2.45, 2.75) is 0 Å². The second kappa shape index (κ2) is 9.73. The number of rotatable bonds is 6. The maximum absolute atomic E-state index is 11.2. The molecule has 0 aromatic heterocycles. The Balaban J connectivity index is 0. The minimum absolute atomic E-state index is 0. The van der Waals surface area contributed by atoms with Crippen molar-refractivity contribution < 1.29 is 30.5 Å². The molecule has 12 heavy (non-hydrogen) atoms. The van der Waals surface area contributed by atoms with Crippen LogP contribution in [0.1, 0.15) is 0 Å². The first-order valence-corrected chi connectivity index (χ1v) is 8.14. The van der Waals surface area contributed by atoms with Gasteiger partial charge < -0.3 is 9.42 Å². The minimum atomic E-state index is -2.89. The van der Waals surface area contributed by atoms with E-state index in [2.05, 4.69) is 11.8 Å².